The van der Waals surface area contributed by atoms with Gasteiger partial charge in [-0.1, -0.05) is 218 Å². The molecule has 0 bridgehead atoms. The third kappa shape index (κ3) is 6.47. The molecule has 0 saturated heterocycles. The first kappa shape index (κ1) is 34.1. The van der Waals surface area contributed by atoms with Crippen molar-refractivity contribution in [1.29, 1.82) is 0 Å². The maximum Gasteiger partial charge on any atom is 0.0715 e. The fourth-order valence-corrected chi connectivity index (χ4v) is 14.7. The Hall–Kier alpha value is -5.01. The molecule has 1 aromatic heterocycles. The summed E-state index contributed by atoms with van der Waals surface area (Å²) in [4.78, 5) is 5.24. The van der Waals surface area contributed by atoms with E-state index in [0.29, 0.717) is 0 Å². The number of pyridine rings is 1. The van der Waals surface area contributed by atoms with Crippen LogP contribution in [0.5, 0.6) is 0 Å². The van der Waals surface area contributed by atoms with Crippen molar-refractivity contribution in [3.8, 4) is 33.6 Å². The van der Waals surface area contributed by atoms with Gasteiger partial charge in [0.1, 0.15) is 0 Å². The van der Waals surface area contributed by atoms with Gasteiger partial charge >= 0.3 is 0 Å². The van der Waals surface area contributed by atoms with E-state index in [9.17, 15) is 0 Å². The topological polar surface area (TPSA) is 12.9 Å². The van der Waals surface area contributed by atoms with Gasteiger partial charge in [-0.3, -0.25) is 0 Å². The van der Waals surface area contributed by atoms with Gasteiger partial charge in [0, 0.05) is 28.5 Å². The molecule has 0 radical (unpaired) electrons. The van der Waals surface area contributed by atoms with Crippen LogP contribution < -0.4 is 31.8 Å². The predicted molar refractivity (Wildman–Crippen MR) is 233 cm³/mol. The average Bonchev–Trinajstić information content (AvgIpc) is 3.24. The number of rotatable bonds is 9. The highest BCUT2D eigenvalue weighted by Gasteiger charge is 2.31. The second-order valence-corrected chi connectivity index (χ2v) is 21.4. The molecule has 0 aliphatic carbocycles. The van der Waals surface area contributed by atoms with Gasteiger partial charge in [-0.25, -0.2) is 4.98 Å². The van der Waals surface area contributed by atoms with E-state index in [1.165, 1.54) is 0 Å². The zero-order valence-corrected chi connectivity index (χ0v) is 31.8. The first-order valence-electron chi connectivity index (χ1n) is 17.3. The number of hydrogen-bond acceptors (Lipinski definition) is 3. The quantitative estimate of drug-likeness (QED) is 0.137. The molecule has 0 atom stereocenters. The largest absolute Gasteiger partial charge is 0.248 e. The molecule has 0 unspecified atom stereocenters. The van der Waals surface area contributed by atoms with Crippen molar-refractivity contribution < 1.29 is 0 Å². The summed E-state index contributed by atoms with van der Waals surface area (Å²) in [7, 11) is 0. The molecular weight excluding hydrogens is 705 g/mol. The first-order chi connectivity index (χ1) is 25.5. The summed E-state index contributed by atoms with van der Waals surface area (Å²) in [6.45, 7) is 0. The van der Waals surface area contributed by atoms with Crippen LogP contribution in [0.15, 0.2) is 212 Å². The van der Waals surface area contributed by atoms with Crippen LogP contribution >= 0.6 is 12.1 Å². The van der Waals surface area contributed by atoms with Crippen molar-refractivity contribution in [3.63, 3.8) is 0 Å². The average molecular weight is 740 g/mol. The monoisotopic (exact) mass is 739 g/mol. The van der Waals surface area contributed by atoms with Gasteiger partial charge in [-0.15, -0.1) is 0 Å². The lowest BCUT2D eigenvalue weighted by atomic mass is 10.00. The van der Waals surface area contributed by atoms with Crippen molar-refractivity contribution >= 4 is 67.5 Å². The molecule has 8 rings (SSSR count). The summed E-state index contributed by atoms with van der Waals surface area (Å²) in [5, 5.41) is 6.87. The standard InChI is InChI=1S/C47H35NP2S2/c51-49(39-23-11-3-12-24-39,40-25-13-4-14-26-40)43-31-32-47(50(52,41-27-15-5-16-28-41)42-29-17-6-18-30-42)44(35-43)38-33-45(36-19-7-1-8-20-36)48-46(34-38)37-21-9-2-10-22-37/h1-35H. The smallest absolute Gasteiger partial charge is 0.0715 e. The minimum atomic E-state index is -2.58. The van der Waals surface area contributed by atoms with E-state index in [-0.39, 0.29) is 0 Å². The Bertz CT molecular complexity index is 2400. The maximum atomic E-state index is 7.04. The summed E-state index contributed by atoms with van der Waals surface area (Å²) >= 11 is 14.0. The second kappa shape index (κ2) is 14.9. The Labute approximate surface area is 316 Å². The van der Waals surface area contributed by atoms with Crippen molar-refractivity contribution in [3.05, 3.63) is 212 Å². The molecule has 0 aliphatic rings. The van der Waals surface area contributed by atoms with Crippen LogP contribution in [0.2, 0.25) is 0 Å². The molecular formula is C47H35NP2S2. The highest BCUT2D eigenvalue weighted by molar-refractivity contribution is 8.26. The summed E-state index contributed by atoms with van der Waals surface area (Å²) in [6.07, 6.45) is 0. The van der Waals surface area contributed by atoms with Gasteiger partial charge in [0.15, 0.2) is 0 Å². The Morgan fingerprint density at radius 2 is 0.654 bits per heavy atom. The summed E-state index contributed by atoms with van der Waals surface area (Å²) < 4.78 is 0. The number of benzene rings is 7. The van der Waals surface area contributed by atoms with Crippen LogP contribution in [-0.4, -0.2) is 4.98 Å². The fraction of sp³-hybridized carbons (Fsp3) is 0. The molecule has 0 N–H and O–H groups in total. The molecule has 250 valence electrons. The second-order valence-electron chi connectivity index (χ2n) is 12.6. The van der Waals surface area contributed by atoms with Gasteiger partial charge < -0.3 is 0 Å². The van der Waals surface area contributed by atoms with Crippen molar-refractivity contribution in [1.82, 2.24) is 4.98 Å². The Morgan fingerprint density at radius 1 is 0.308 bits per heavy atom. The van der Waals surface area contributed by atoms with Gasteiger partial charge in [0.25, 0.3) is 0 Å². The zero-order valence-electron chi connectivity index (χ0n) is 28.4. The summed E-state index contributed by atoms with van der Waals surface area (Å²) in [6, 6.07) is 69.8. The molecule has 0 amide bonds. The van der Waals surface area contributed by atoms with Gasteiger partial charge in [0.2, 0.25) is 0 Å². The molecule has 0 fully saturated rings. The van der Waals surface area contributed by atoms with Crippen molar-refractivity contribution in [2.75, 3.05) is 0 Å². The van der Waals surface area contributed by atoms with E-state index in [0.717, 1.165) is 65.5 Å². The van der Waals surface area contributed by atoms with Crippen LogP contribution in [0.1, 0.15) is 0 Å². The molecule has 0 saturated carbocycles. The minimum Gasteiger partial charge on any atom is -0.248 e. The first-order valence-corrected chi connectivity index (χ1v) is 22.9. The van der Waals surface area contributed by atoms with Gasteiger partial charge in [0.05, 0.1) is 11.4 Å². The van der Waals surface area contributed by atoms with E-state index in [1.54, 1.807) is 0 Å². The lowest BCUT2D eigenvalue weighted by molar-refractivity contribution is 1.32. The fourth-order valence-electron chi connectivity index (χ4n) is 6.85. The molecule has 0 aliphatic heterocycles. The minimum absolute atomic E-state index is 0.909. The molecule has 52 heavy (non-hydrogen) atoms. The highest BCUT2D eigenvalue weighted by Crippen LogP contribution is 2.48. The molecule has 8 aromatic rings. The summed E-state index contributed by atoms with van der Waals surface area (Å²) in [5.74, 6) is 0. The van der Waals surface area contributed by atoms with E-state index >= 15 is 0 Å². The molecule has 5 heteroatoms. The number of hydrogen-bond donors (Lipinski definition) is 0. The van der Waals surface area contributed by atoms with E-state index < -0.39 is 12.1 Å². The van der Waals surface area contributed by atoms with Crippen LogP contribution in [0.25, 0.3) is 33.6 Å². The third-order valence-electron chi connectivity index (χ3n) is 9.44. The van der Waals surface area contributed by atoms with Crippen molar-refractivity contribution in [2.24, 2.45) is 0 Å². The molecule has 7 aromatic carbocycles. The van der Waals surface area contributed by atoms with Crippen LogP contribution in [0.4, 0.5) is 0 Å². The van der Waals surface area contributed by atoms with Crippen LogP contribution in [0, 0.1) is 0 Å². The van der Waals surface area contributed by atoms with E-state index in [1.807, 2.05) is 12.1 Å². The zero-order chi connectivity index (χ0) is 35.4. The Morgan fingerprint density at radius 3 is 1.04 bits per heavy atom. The molecule has 1 nitrogen and oxygen atoms in total. The Kier molecular flexibility index (Phi) is 9.78. The Balaban J connectivity index is 1.48. The van der Waals surface area contributed by atoms with E-state index in [2.05, 4.69) is 200 Å². The molecule has 1 heterocycles. The SMILES string of the molecule is S=P(c1ccccc1)(c1ccccc1)c1ccc(P(=S)(c2ccccc2)c2ccccc2)c(-c2cc(-c3ccccc3)nc(-c3ccccc3)c2)c1. The predicted octanol–water partition coefficient (Wildman–Crippen LogP) is 9.59. The van der Waals surface area contributed by atoms with E-state index in [4.69, 9.17) is 28.6 Å². The van der Waals surface area contributed by atoms with Crippen molar-refractivity contribution in [2.45, 2.75) is 0 Å². The lowest BCUT2D eigenvalue weighted by Crippen LogP contribution is -2.29. The number of nitrogens with zero attached hydrogens (tertiary/aromatic N) is 1. The third-order valence-corrected chi connectivity index (χ3v) is 19.4. The highest BCUT2D eigenvalue weighted by atomic mass is 32.4. The summed E-state index contributed by atoms with van der Waals surface area (Å²) in [5.41, 5.74) is 6.09. The van der Waals surface area contributed by atoms with Gasteiger partial charge in [-0.05, 0) is 55.8 Å². The van der Waals surface area contributed by atoms with Crippen LogP contribution in [0.3, 0.4) is 0 Å². The normalized spacial score (nSPS) is 11.6. The van der Waals surface area contributed by atoms with Crippen LogP contribution in [-0.2, 0) is 23.6 Å². The lowest BCUT2D eigenvalue weighted by Gasteiger charge is -2.30. The van der Waals surface area contributed by atoms with Gasteiger partial charge in [-0.2, -0.15) is 0 Å². The number of aromatic nitrogens is 1. The molecule has 0 spiro atoms. The maximum absolute atomic E-state index is 7.04.